The molecule has 0 unspecified atom stereocenters. The summed E-state index contributed by atoms with van der Waals surface area (Å²) in [7, 11) is 3.71. The average molecular weight is 152 g/mol. The molecule has 0 bridgehead atoms. The molecule has 1 heterocycles. The molecule has 0 saturated carbocycles. The highest BCUT2D eigenvalue weighted by Gasteiger charge is 1.93. The average Bonchev–Trinajstić information content (AvgIpc) is 2.06. The van der Waals surface area contributed by atoms with Gasteiger partial charge in [-0.1, -0.05) is 0 Å². The first-order valence-electron chi connectivity index (χ1n) is 3.50. The highest BCUT2D eigenvalue weighted by atomic mass is 15.0. The maximum Gasteiger partial charge on any atom is 0.144 e. The molecular weight excluding hydrogens is 140 g/mol. The highest BCUT2D eigenvalue weighted by Crippen LogP contribution is 1.99. The van der Waals surface area contributed by atoms with E-state index in [-0.39, 0.29) is 0 Å². The summed E-state index contributed by atoms with van der Waals surface area (Å²) in [5.41, 5.74) is 0.944. The Balaban J connectivity index is 2.74. The second-order valence-electron chi connectivity index (χ2n) is 2.18. The van der Waals surface area contributed by atoms with Crippen molar-refractivity contribution in [2.45, 2.75) is 6.54 Å². The van der Waals surface area contributed by atoms with E-state index in [1.807, 2.05) is 14.1 Å². The van der Waals surface area contributed by atoms with Crippen LogP contribution in [-0.2, 0) is 6.54 Å². The van der Waals surface area contributed by atoms with Crippen LogP contribution in [0.2, 0.25) is 0 Å². The van der Waals surface area contributed by atoms with Gasteiger partial charge in [0.2, 0.25) is 0 Å². The lowest BCUT2D eigenvalue weighted by Gasteiger charge is -2.01. The van der Waals surface area contributed by atoms with Gasteiger partial charge < -0.3 is 10.6 Å². The zero-order chi connectivity index (χ0) is 8.10. The molecule has 0 saturated heterocycles. The van der Waals surface area contributed by atoms with Crippen LogP contribution >= 0.6 is 0 Å². The molecule has 0 radical (unpaired) electrons. The quantitative estimate of drug-likeness (QED) is 0.651. The number of nitrogens with zero attached hydrogens (tertiary/aromatic N) is 2. The van der Waals surface area contributed by atoms with Crippen LogP contribution in [-0.4, -0.2) is 24.1 Å². The molecule has 0 amide bonds. The number of hydrogen-bond acceptors (Lipinski definition) is 4. The Morgan fingerprint density at radius 1 is 1.36 bits per heavy atom. The first-order valence-corrected chi connectivity index (χ1v) is 3.50. The molecule has 0 atom stereocenters. The van der Waals surface area contributed by atoms with E-state index in [2.05, 4.69) is 20.6 Å². The molecule has 0 aliphatic carbocycles. The minimum Gasteiger partial charge on any atom is -0.372 e. The van der Waals surface area contributed by atoms with Crippen LogP contribution in [0.1, 0.15) is 5.69 Å². The molecule has 0 aromatic carbocycles. The lowest BCUT2D eigenvalue weighted by molar-refractivity contribution is 0.785. The number of anilines is 1. The molecule has 0 fully saturated rings. The monoisotopic (exact) mass is 152 g/mol. The van der Waals surface area contributed by atoms with E-state index >= 15 is 0 Å². The van der Waals surface area contributed by atoms with Crippen molar-refractivity contribution in [1.29, 1.82) is 0 Å². The van der Waals surface area contributed by atoms with Crippen molar-refractivity contribution in [3.05, 3.63) is 18.1 Å². The van der Waals surface area contributed by atoms with E-state index in [0.29, 0.717) is 0 Å². The molecule has 4 heteroatoms. The fourth-order valence-corrected chi connectivity index (χ4v) is 0.793. The lowest BCUT2D eigenvalue weighted by Crippen LogP contribution is -2.08. The fraction of sp³-hybridized carbons (Fsp3) is 0.429. The van der Waals surface area contributed by atoms with E-state index in [1.165, 1.54) is 0 Å². The smallest absolute Gasteiger partial charge is 0.144 e. The van der Waals surface area contributed by atoms with Crippen LogP contribution in [0.4, 0.5) is 5.82 Å². The van der Waals surface area contributed by atoms with Crippen LogP contribution in [0.5, 0.6) is 0 Å². The number of aromatic nitrogens is 2. The van der Waals surface area contributed by atoms with E-state index in [4.69, 9.17) is 0 Å². The number of hydrogen-bond donors (Lipinski definition) is 2. The molecule has 60 valence electrons. The maximum atomic E-state index is 4.24. The van der Waals surface area contributed by atoms with Crippen molar-refractivity contribution >= 4 is 5.82 Å². The van der Waals surface area contributed by atoms with Crippen LogP contribution in [0.3, 0.4) is 0 Å². The summed E-state index contributed by atoms with van der Waals surface area (Å²) < 4.78 is 0. The van der Waals surface area contributed by atoms with Gasteiger partial charge in [0.15, 0.2) is 0 Å². The van der Waals surface area contributed by atoms with Gasteiger partial charge in [-0.05, 0) is 7.05 Å². The number of nitrogens with one attached hydrogen (secondary N) is 2. The second kappa shape index (κ2) is 3.88. The predicted molar refractivity (Wildman–Crippen MR) is 44.3 cm³/mol. The molecular formula is C7H12N4. The standard InChI is InChI=1S/C7H12N4/c1-8-3-6-4-10-5-7(9-2)11-6/h4-5,8H,3H2,1-2H3,(H,9,11). The molecule has 1 aromatic heterocycles. The fourth-order valence-electron chi connectivity index (χ4n) is 0.793. The van der Waals surface area contributed by atoms with Crippen molar-refractivity contribution < 1.29 is 0 Å². The predicted octanol–water partition coefficient (Wildman–Crippen LogP) is 0.238. The van der Waals surface area contributed by atoms with Gasteiger partial charge >= 0.3 is 0 Å². The molecule has 4 nitrogen and oxygen atoms in total. The van der Waals surface area contributed by atoms with Crippen molar-refractivity contribution in [2.24, 2.45) is 0 Å². The summed E-state index contributed by atoms with van der Waals surface area (Å²) >= 11 is 0. The summed E-state index contributed by atoms with van der Waals surface area (Å²) in [6, 6.07) is 0. The molecule has 1 rings (SSSR count). The third kappa shape index (κ3) is 2.16. The first-order chi connectivity index (χ1) is 5.36. The highest BCUT2D eigenvalue weighted by molar-refractivity contribution is 5.30. The molecule has 2 N–H and O–H groups in total. The van der Waals surface area contributed by atoms with E-state index in [1.54, 1.807) is 12.4 Å². The zero-order valence-electron chi connectivity index (χ0n) is 6.76. The topological polar surface area (TPSA) is 49.8 Å². The Hall–Kier alpha value is -1.16. The SMILES string of the molecule is CNCc1cncc(NC)n1. The van der Waals surface area contributed by atoms with Gasteiger partial charge in [-0.15, -0.1) is 0 Å². The molecule has 0 aliphatic rings. The Morgan fingerprint density at radius 3 is 2.82 bits per heavy atom. The van der Waals surface area contributed by atoms with Gasteiger partial charge in [-0.3, -0.25) is 4.98 Å². The summed E-state index contributed by atoms with van der Waals surface area (Å²) in [4.78, 5) is 8.25. The van der Waals surface area contributed by atoms with E-state index < -0.39 is 0 Å². The first kappa shape index (κ1) is 7.94. The Morgan fingerprint density at radius 2 is 2.18 bits per heavy atom. The second-order valence-corrected chi connectivity index (χ2v) is 2.18. The van der Waals surface area contributed by atoms with Crippen molar-refractivity contribution in [2.75, 3.05) is 19.4 Å². The van der Waals surface area contributed by atoms with Gasteiger partial charge in [0, 0.05) is 19.8 Å². The van der Waals surface area contributed by atoms with E-state index in [0.717, 1.165) is 18.1 Å². The van der Waals surface area contributed by atoms with Crippen LogP contribution in [0, 0.1) is 0 Å². The van der Waals surface area contributed by atoms with Gasteiger partial charge in [0.1, 0.15) is 5.82 Å². The Kier molecular flexibility index (Phi) is 2.80. The minimum atomic E-state index is 0.753. The zero-order valence-corrected chi connectivity index (χ0v) is 6.76. The summed E-state index contributed by atoms with van der Waals surface area (Å²) in [6.45, 7) is 0.753. The largest absolute Gasteiger partial charge is 0.372 e. The molecule has 1 aromatic rings. The normalized spacial score (nSPS) is 9.64. The van der Waals surface area contributed by atoms with Crippen LogP contribution in [0.25, 0.3) is 0 Å². The third-order valence-electron chi connectivity index (χ3n) is 1.30. The van der Waals surface area contributed by atoms with Gasteiger partial charge in [0.05, 0.1) is 11.9 Å². The number of rotatable bonds is 3. The Labute approximate surface area is 66.1 Å². The summed E-state index contributed by atoms with van der Waals surface area (Å²) in [5, 5.41) is 5.93. The van der Waals surface area contributed by atoms with Gasteiger partial charge in [-0.2, -0.15) is 0 Å². The van der Waals surface area contributed by atoms with Crippen molar-refractivity contribution in [3.63, 3.8) is 0 Å². The summed E-state index contributed by atoms with van der Waals surface area (Å²) in [5.74, 6) is 0.803. The van der Waals surface area contributed by atoms with Crippen molar-refractivity contribution in [1.82, 2.24) is 15.3 Å². The molecule has 0 aliphatic heterocycles. The van der Waals surface area contributed by atoms with Crippen LogP contribution in [0.15, 0.2) is 12.4 Å². The Bertz CT molecular complexity index is 223. The molecule has 0 spiro atoms. The van der Waals surface area contributed by atoms with Gasteiger partial charge in [0.25, 0.3) is 0 Å². The summed E-state index contributed by atoms with van der Waals surface area (Å²) in [6.07, 6.45) is 3.44. The molecule has 11 heavy (non-hydrogen) atoms. The van der Waals surface area contributed by atoms with Crippen molar-refractivity contribution in [3.8, 4) is 0 Å². The van der Waals surface area contributed by atoms with Crippen LogP contribution < -0.4 is 10.6 Å². The van der Waals surface area contributed by atoms with E-state index in [9.17, 15) is 0 Å². The maximum absolute atomic E-state index is 4.24. The third-order valence-corrected chi connectivity index (χ3v) is 1.30. The van der Waals surface area contributed by atoms with Gasteiger partial charge in [-0.25, -0.2) is 4.98 Å². The minimum absolute atomic E-state index is 0.753. The lowest BCUT2D eigenvalue weighted by atomic mass is 10.4.